The predicted octanol–water partition coefficient (Wildman–Crippen LogP) is 2.17. The van der Waals surface area contributed by atoms with Crippen molar-refractivity contribution in [1.82, 2.24) is 19.7 Å². The summed E-state index contributed by atoms with van der Waals surface area (Å²) >= 11 is 0. The molecule has 5 atom stereocenters. The van der Waals surface area contributed by atoms with Gasteiger partial charge in [0.2, 0.25) is 0 Å². The van der Waals surface area contributed by atoms with Crippen LogP contribution in [0.15, 0.2) is 48.8 Å². The fourth-order valence-electron chi connectivity index (χ4n) is 4.34. The molecule has 1 fully saturated rings. The molecule has 13 nitrogen and oxygen atoms in total. The van der Waals surface area contributed by atoms with Crippen molar-refractivity contribution in [2.75, 3.05) is 18.9 Å². The number of benzene rings is 1. The Bertz CT molecular complexity index is 1350. The number of aliphatic hydroxyl groups is 2. The quantitative estimate of drug-likeness (QED) is 0.198. The number of carbonyl (C=O) groups is 1. The summed E-state index contributed by atoms with van der Waals surface area (Å²) in [4.78, 5) is 16.3. The van der Waals surface area contributed by atoms with Crippen LogP contribution in [0.1, 0.15) is 39.8 Å². The molecule has 1 aliphatic rings. The zero-order chi connectivity index (χ0) is 28.4. The predicted molar refractivity (Wildman–Crippen MR) is 141 cm³/mol. The zero-order valence-corrected chi connectivity index (χ0v) is 23.1. The number of para-hydroxylation sites is 1. The van der Waals surface area contributed by atoms with Gasteiger partial charge in [0.15, 0.2) is 11.4 Å². The molecule has 1 unspecified atom stereocenters. The number of carbonyl (C=O) groups excluding carboxylic acids is 1. The Balaban J connectivity index is 1.48. The highest BCUT2D eigenvalue weighted by Crippen LogP contribution is 2.47. The first kappa shape index (κ1) is 28.9. The zero-order valence-electron chi connectivity index (χ0n) is 22.2. The van der Waals surface area contributed by atoms with Crippen LogP contribution in [0.5, 0.6) is 5.75 Å². The molecule has 1 aliphatic heterocycles. The van der Waals surface area contributed by atoms with Gasteiger partial charge in [0, 0.05) is 6.42 Å². The molecule has 1 saturated heterocycles. The number of anilines is 1. The van der Waals surface area contributed by atoms with E-state index < -0.39 is 37.1 Å². The van der Waals surface area contributed by atoms with Gasteiger partial charge in [-0.1, -0.05) is 18.2 Å². The van der Waals surface area contributed by atoms with Crippen molar-refractivity contribution < 1.29 is 38.1 Å². The van der Waals surface area contributed by atoms with Gasteiger partial charge in [0.05, 0.1) is 30.6 Å². The van der Waals surface area contributed by atoms with E-state index in [4.69, 9.17) is 24.3 Å². The number of hydrogen-bond donors (Lipinski definition) is 4. The number of nitrogens with zero attached hydrogens (tertiary/aromatic N) is 3. The molecule has 0 spiro atoms. The van der Waals surface area contributed by atoms with Gasteiger partial charge in [-0.05, 0) is 52.0 Å². The second-order valence-electron chi connectivity index (χ2n) is 9.91. The molecule has 0 saturated carbocycles. The molecule has 3 aromatic rings. The number of nitrogen functional groups attached to an aromatic ring is 1. The lowest BCUT2D eigenvalue weighted by atomic mass is 9.84. The monoisotopic (exact) mass is 563 g/mol. The Morgan fingerprint density at radius 3 is 2.69 bits per heavy atom. The van der Waals surface area contributed by atoms with Crippen LogP contribution >= 0.6 is 7.75 Å². The first-order valence-electron chi connectivity index (χ1n) is 12.5. The number of fused-ring (bicyclic) bond motifs is 1. The molecule has 14 heteroatoms. The van der Waals surface area contributed by atoms with Crippen LogP contribution in [0.25, 0.3) is 5.52 Å². The number of esters is 1. The Morgan fingerprint density at radius 2 is 2.00 bits per heavy atom. The van der Waals surface area contributed by atoms with Crippen molar-refractivity contribution in [3.63, 3.8) is 0 Å². The van der Waals surface area contributed by atoms with E-state index in [1.54, 1.807) is 63.2 Å². The summed E-state index contributed by atoms with van der Waals surface area (Å²) in [6.07, 6.45) is -0.506. The van der Waals surface area contributed by atoms with Crippen molar-refractivity contribution in [2.45, 2.75) is 63.6 Å². The molecule has 212 valence electrons. The average Bonchev–Trinajstić information content (AvgIpc) is 3.41. The van der Waals surface area contributed by atoms with Crippen molar-refractivity contribution in [3.8, 4) is 5.75 Å². The summed E-state index contributed by atoms with van der Waals surface area (Å²) in [7, 11) is -4.10. The highest BCUT2D eigenvalue weighted by atomic mass is 31.2. The molecule has 3 heterocycles. The lowest BCUT2D eigenvalue weighted by molar-refractivity contribution is -0.149. The molecule has 0 amide bonds. The Morgan fingerprint density at radius 1 is 1.28 bits per heavy atom. The molecule has 4 rings (SSSR count). The maximum absolute atomic E-state index is 13.7. The minimum absolute atomic E-state index is 0.0194. The van der Waals surface area contributed by atoms with Crippen LogP contribution in [-0.2, 0) is 29.0 Å². The fraction of sp³-hybridized carbons (Fsp3) is 0.480. The number of aliphatic hydroxyl groups excluding tert-OH is 1. The summed E-state index contributed by atoms with van der Waals surface area (Å²) in [5, 5.41) is 29.5. The molecule has 39 heavy (non-hydrogen) atoms. The molecule has 2 aromatic heterocycles. The van der Waals surface area contributed by atoms with Crippen LogP contribution in [0.2, 0.25) is 0 Å². The largest absolute Gasteiger partial charge is 0.462 e. The number of rotatable bonds is 11. The molecular weight excluding hydrogens is 529 g/mol. The summed E-state index contributed by atoms with van der Waals surface area (Å²) in [5.74, 6) is -0.143. The summed E-state index contributed by atoms with van der Waals surface area (Å²) in [6.45, 7) is 6.05. The molecule has 1 aromatic carbocycles. The third kappa shape index (κ3) is 6.08. The highest BCUT2D eigenvalue weighted by molar-refractivity contribution is 7.52. The van der Waals surface area contributed by atoms with Crippen LogP contribution in [0.4, 0.5) is 5.82 Å². The van der Waals surface area contributed by atoms with Gasteiger partial charge in [-0.15, -0.1) is 0 Å². The third-order valence-corrected chi connectivity index (χ3v) is 8.14. The van der Waals surface area contributed by atoms with E-state index in [1.165, 1.54) is 17.8 Å². The second kappa shape index (κ2) is 11.2. The van der Waals surface area contributed by atoms with Crippen LogP contribution in [0, 0.1) is 0 Å². The van der Waals surface area contributed by atoms with Gasteiger partial charge >= 0.3 is 13.7 Å². The number of aromatic nitrogens is 3. The SMILES string of the molecule is CC(C)OC(=O)[C@H](C)N[P@](=O)(OCC[C@@]1(C)OCC(O)(c2ccc3c(N)ncnn23)[C@@H]1O)Oc1ccccc1. The molecule has 0 bridgehead atoms. The fourth-order valence-corrected chi connectivity index (χ4v) is 5.83. The summed E-state index contributed by atoms with van der Waals surface area (Å²) < 4.78 is 37.5. The van der Waals surface area contributed by atoms with Gasteiger partial charge in [0.25, 0.3) is 0 Å². The molecular formula is C25H34N5O8P. The highest BCUT2D eigenvalue weighted by Gasteiger charge is 2.57. The van der Waals surface area contributed by atoms with E-state index in [2.05, 4.69) is 15.2 Å². The summed E-state index contributed by atoms with van der Waals surface area (Å²) in [6, 6.07) is 10.6. The lowest BCUT2D eigenvalue weighted by Gasteiger charge is -2.32. The van der Waals surface area contributed by atoms with E-state index in [1.807, 2.05) is 0 Å². The summed E-state index contributed by atoms with van der Waals surface area (Å²) in [5.41, 5.74) is 3.54. The lowest BCUT2D eigenvalue weighted by Crippen LogP contribution is -2.48. The van der Waals surface area contributed by atoms with E-state index in [0.717, 1.165) is 0 Å². The van der Waals surface area contributed by atoms with Gasteiger partial charge in [0.1, 0.15) is 29.7 Å². The normalized spacial score (nSPS) is 25.5. The molecule has 0 aliphatic carbocycles. The van der Waals surface area contributed by atoms with Gasteiger partial charge < -0.3 is 29.9 Å². The van der Waals surface area contributed by atoms with Crippen molar-refractivity contribution in [1.29, 1.82) is 0 Å². The van der Waals surface area contributed by atoms with Crippen molar-refractivity contribution in [2.24, 2.45) is 0 Å². The van der Waals surface area contributed by atoms with Crippen LogP contribution in [0.3, 0.4) is 0 Å². The number of nitrogens with two attached hydrogens (primary N) is 1. The van der Waals surface area contributed by atoms with E-state index >= 15 is 0 Å². The Hall–Kier alpha value is -3.06. The van der Waals surface area contributed by atoms with E-state index in [0.29, 0.717) is 5.52 Å². The molecule has 0 radical (unpaired) electrons. The van der Waals surface area contributed by atoms with Crippen molar-refractivity contribution >= 4 is 25.1 Å². The van der Waals surface area contributed by atoms with Crippen LogP contribution in [-0.4, -0.2) is 67.8 Å². The van der Waals surface area contributed by atoms with Crippen LogP contribution < -0.4 is 15.3 Å². The maximum atomic E-state index is 13.7. The van der Waals surface area contributed by atoms with Crippen molar-refractivity contribution in [3.05, 3.63) is 54.5 Å². The number of hydrogen-bond acceptors (Lipinski definition) is 11. The van der Waals surface area contributed by atoms with Gasteiger partial charge in [-0.25, -0.2) is 14.1 Å². The Labute approximate surface area is 225 Å². The number of ether oxygens (including phenoxy) is 2. The standard InChI is InChI=1S/C25H34N5O8P/c1-16(2)37-22(31)17(3)29-39(34,38-18-8-6-5-7-9-18)36-13-12-24(4)23(32)25(33,14-35-24)20-11-10-19-21(26)27-15-28-30(19)20/h5-11,15-17,23,32-33H,12-14H2,1-4H3,(H,29,34)(H2,26,27,28)/t17-,23+,24+,25?,39-/m0/s1. The third-order valence-electron chi connectivity index (χ3n) is 6.46. The topological polar surface area (TPSA) is 180 Å². The number of nitrogens with one attached hydrogen (secondary N) is 1. The molecule has 5 N–H and O–H groups in total. The first-order chi connectivity index (χ1) is 18.4. The van der Waals surface area contributed by atoms with Gasteiger partial charge in [-0.2, -0.15) is 10.2 Å². The second-order valence-corrected chi connectivity index (χ2v) is 11.6. The van der Waals surface area contributed by atoms with Gasteiger partial charge in [-0.3, -0.25) is 9.32 Å². The van der Waals surface area contributed by atoms with E-state index in [9.17, 15) is 19.6 Å². The smallest absolute Gasteiger partial charge is 0.459 e. The minimum Gasteiger partial charge on any atom is -0.462 e. The van der Waals surface area contributed by atoms with E-state index in [-0.39, 0.29) is 43.0 Å². The average molecular weight is 564 g/mol. The maximum Gasteiger partial charge on any atom is 0.459 e. The Kier molecular flexibility index (Phi) is 8.31. The minimum atomic E-state index is -4.10. The first-order valence-corrected chi connectivity index (χ1v) is 14.0.